The molecule has 0 aliphatic rings. The summed E-state index contributed by atoms with van der Waals surface area (Å²) in [5.74, 6) is -1.52. The van der Waals surface area contributed by atoms with E-state index in [0.717, 1.165) is 11.1 Å². The van der Waals surface area contributed by atoms with E-state index in [2.05, 4.69) is 10.6 Å². The molecule has 2 unspecified atom stereocenters. The maximum atomic E-state index is 12.4. The van der Waals surface area contributed by atoms with Crippen LogP contribution in [0.5, 0.6) is 0 Å². The van der Waals surface area contributed by atoms with E-state index in [9.17, 15) is 14.4 Å². The minimum atomic E-state index is -0.606. The van der Waals surface area contributed by atoms with Crippen LogP contribution in [0.3, 0.4) is 0 Å². The van der Waals surface area contributed by atoms with Crippen LogP contribution in [0, 0.1) is 5.92 Å². The third-order valence-corrected chi connectivity index (χ3v) is 4.24. The summed E-state index contributed by atoms with van der Waals surface area (Å²) in [5.41, 5.74) is 13.3. The van der Waals surface area contributed by atoms with E-state index in [4.69, 9.17) is 11.5 Å². The number of hydrogen-bond donors (Lipinski definition) is 4. The molecule has 0 aliphatic carbocycles. The van der Waals surface area contributed by atoms with Gasteiger partial charge in [-0.15, -0.1) is 0 Å². The van der Waals surface area contributed by atoms with Gasteiger partial charge >= 0.3 is 0 Å². The topological polar surface area (TPSA) is 127 Å². The van der Waals surface area contributed by atoms with E-state index < -0.39 is 5.91 Å². The van der Waals surface area contributed by atoms with Crippen LogP contribution in [-0.4, -0.2) is 24.3 Å². The van der Waals surface area contributed by atoms with Crippen molar-refractivity contribution < 1.29 is 14.4 Å². The minimum absolute atomic E-state index is 0.144. The summed E-state index contributed by atoms with van der Waals surface area (Å²) >= 11 is 0. The van der Waals surface area contributed by atoms with Gasteiger partial charge in [0, 0.05) is 18.2 Å². The lowest BCUT2D eigenvalue weighted by molar-refractivity contribution is -0.125. The number of benzene rings is 2. The summed E-state index contributed by atoms with van der Waals surface area (Å²) in [4.78, 5) is 34.9. The van der Waals surface area contributed by atoms with E-state index in [1.165, 1.54) is 0 Å². The highest BCUT2D eigenvalue weighted by Gasteiger charge is 2.21. The second-order valence-electron chi connectivity index (χ2n) is 6.29. The second kappa shape index (κ2) is 9.49. The van der Waals surface area contributed by atoms with Crippen molar-refractivity contribution in [2.45, 2.75) is 19.5 Å². The Hall–Kier alpha value is -3.19. The summed E-state index contributed by atoms with van der Waals surface area (Å²) in [5, 5.41) is 5.27. The maximum Gasteiger partial charge on any atom is 0.251 e. The molecule has 0 fully saturated rings. The zero-order valence-electron chi connectivity index (χ0n) is 15.1. The average molecular weight is 368 g/mol. The average Bonchev–Trinajstić information content (AvgIpc) is 2.70. The number of nitrogens with one attached hydrogen (secondary N) is 2. The molecule has 2 aromatic carbocycles. The summed E-state index contributed by atoms with van der Waals surface area (Å²) in [7, 11) is 0. The SMILES string of the molecule is CC(C(=O)NCc1ccc(C(=O)NCC(N)=O)cc1)C(N)c1ccccc1. The molecule has 142 valence electrons. The highest BCUT2D eigenvalue weighted by Crippen LogP contribution is 2.19. The highest BCUT2D eigenvalue weighted by atomic mass is 16.2. The fourth-order valence-electron chi connectivity index (χ4n) is 2.52. The van der Waals surface area contributed by atoms with Crippen molar-refractivity contribution in [2.75, 3.05) is 6.54 Å². The normalized spacial score (nSPS) is 12.7. The molecule has 3 amide bonds. The largest absolute Gasteiger partial charge is 0.368 e. The second-order valence-corrected chi connectivity index (χ2v) is 6.29. The predicted octanol–water partition coefficient (Wildman–Crippen LogP) is 0.854. The highest BCUT2D eigenvalue weighted by molar-refractivity contribution is 5.96. The zero-order valence-corrected chi connectivity index (χ0v) is 15.1. The van der Waals surface area contributed by atoms with Gasteiger partial charge in [0.25, 0.3) is 5.91 Å². The Morgan fingerprint density at radius 2 is 1.59 bits per heavy atom. The van der Waals surface area contributed by atoms with Crippen LogP contribution in [0.2, 0.25) is 0 Å². The molecule has 0 heterocycles. The summed E-state index contributed by atoms with van der Waals surface area (Å²) in [6, 6.07) is 15.8. The molecule has 0 radical (unpaired) electrons. The maximum absolute atomic E-state index is 12.4. The Bertz CT molecular complexity index is 791. The lowest BCUT2D eigenvalue weighted by Crippen LogP contribution is -2.35. The first kappa shape index (κ1) is 20.1. The molecule has 2 rings (SSSR count). The molecule has 0 saturated heterocycles. The number of amides is 3. The van der Waals surface area contributed by atoms with Crippen molar-refractivity contribution in [3.63, 3.8) is 0 Å². The van der Waals surface area contributed by atoms with Crippen molar-refractivity contribution in [2.24, 2.45) is 17.4 Å². The molecule has 0 saturated carbocycles. The monoisotopic (exact) mass is 368 g/mol. The van der Waals surface area contributed by atoms with Gasteiger partial charge in [-0.05, 0) is 23.3 Å². The number of carbonyl (C=O) groups is 3. The Morgan fingerprint density at radius 3 is 2.19 bits per heavy atom. The standard InChI is InChI=1S/C20H24N4O3/c1-13(18(22)15-5-3-2-4-6-15)19(26)23-11-14-7-9-16(10-8-14)20(27)24-12-17(21)25/h2-10,13,18H,11-12,22H2,1H3,(H2,21,25)(H,23,26)(H,24,27). The van der Waals surface area contributed by atoms with Crippen molar-refractivity contribution in [1.82, 2.24) is 10.6 Å². The third kappa shape index (κ3) is 5.93. The number of rotatable bonds is 8. The minimum Gasteiger partial charge on any atom is -0.368 e. The molecule has 0 aromatic heterocycles. The van der Waals surface area contributed by atoms with E-state index >= 15 is 0 Å². The first-order valence-corrected chi connectivity index (χ1v) is 8.62. The van der Waals surface area contributed by atoms with Gasteiger partial charge in [0.05, 0.1) is 12.5 Å². The van der Waals surface area contributed by atoms with Gasteiger partial charge in [0.1, 0.15) is 0 Å². The van der Waals surface area contributed by atoms with Gasteiger partial charge in [0.15, 0.2) is 0 Å². The van der Waals surface area contributed by atoms with Crippen LogP contribution >= 0.6 is 0 Å². The van der Waals surface area contributed by atoms with Crippen LogP contribution < -0.4 is 22.1 Å². The zero-order chi connectivity index (χ0) is 19.8. The fraction of sp³-hybridized carbons (Fsp3) is 0.250. The lowest BCUT2D eigenvalue weighted by atomic mass is 9.94. The summed E-state index contributed by atoms with van der Waals surface area (Å²) < 4.78 is 0. The van der Waals surface area contributed by atoms with E-state index in [1.54, 1.807) is 31.2 Å². The smallest absolute Gasteiger partial charge is 0.251 e. The van der Waals surface area contributed by atoms with Gasteiger partial charge < -0.3 is 22.1 Å². The number of primary amides is 1. The van der Waals surface area contributed by atoms with Gasteiger partial charge in [-0.3, -0.25) is 14.4 Å². The molecule has 0 aliphatic heterocycles. The molecule has 2 aromatic rings. The van der Waals surface area contributed by atoms with Crippen LogP contribution in [0.15, 0.2) is 54.6 Å². The molecule has 0 spiro atoms. The van der Waals surface area contributed by atoms with Gasteiger partial charge in [0.2, 0.25) is 11.8 Å². The van der Waals surface area contributed by atoms with Crippen molar-refractivity contribution in [1.29, 1.82) is 0 Å². The van der Waals surface area contributed by atoms with E-state index in [0.29, 0.717) is 12.1 Å². The predicted molar refractivity (Wildman–Crippen MR) is 102 cm³/mol. The molecule has 27 heavy (non-hydrogen) atoms. The Labute approximate surface area is 158 Å². The van der Waals surface area contributed by atoms with Crippen LogP contribution in [0.1, 0.15) is 34.5 Å². The number of carbonyl (C=O) groups excluding carboxylic acids is 3. The Balaban J connectivity index is 1.87. The summed E-state index contributed by atoms with van der Waals surface area (Å²) in [6.07, 6.45) is 0. The van der Waals surface area contributed by atoms with Crippen molar-refractivity contribution in [3.05, 3.63) is 71.3 Å². The lowest BCUT2D eigenvalue weighted by Gasteiger charge is -2.20. The van der Waals surface area contributed by atoms with Gasteiger partial charge in [-0.1, -0.05) is 49.4 Å². The summed E-state index contributed by atoms with van der Waals surface area (Å²) in [6.45, 7) is 1.91. The Morgan fingerprint density at radius 1 is 0.963 bits per heavy atom. The molecule has 0 bridgehead atoms. The van der Waals surface area contributed by atoms with Crippen LogP contribution in [-0.2, 0) is 16.1 Å². The van der Waals surface area contributed by atoms with Gasteiger partial charge in [-0.25, -0.2) is 0 Å². The molecule has 7 nitrogen and oxygen atoms in total. The van der Waals surface area contributed by atoms with Crippen molar-refractivity contribution in [3.8, 4) is 0 Å². The quantitative estimate of drug-likeness (QED) is 0.551. The third-order valence-electron chi connectivity index (χ3n) is 4.24. The molecule has 2 atom stereocenters. The molecular weight excluding hydrogens is 344 g/mol. The molecule has 7 heteroatoms. The first-order chi connectivity index (χ1) is 12.9. The van der Waals surface area contributed by atoms with E-state index in [-0.39, 0.29) is 30.3 Å². The fourth-order valence-corrected chi connectivity index (χ4v) is 2.52. The molecule has 6 N–H and O–H groups in total. The number of hydrogen-bond acceptors (Lipinski definition) is 4. The Kier molecular flexibility index (Phi) is 7.08. The van der Waals surface area contributed by atoms with Gasteiger partial charge in [-0.2, -0.15) is 0 Å². The van der Waals surface area contributed by atoms with Crippen molar-refractivity contribution >= 4 is 17.7 Å². The van der Waals surface area contributed by atoms with E-state index in [1.807, 2.05) is 30.3 Å². The molecular formula is C20H24N4O3. The van der Waals surface area contributed by atoms with Crippen LogP contribution in [0.25, 0.3) is 0 Å². The number of nitrogens with two attached hydrogens (primary N) is 2. The van der Waals surface area contributed by atoms with Crippen LogP contribution in [0.4, 0.5) is 0 Å². The first-order valence-electron chi connectivity index (χ1n) is 8.62.